The Morgan fingerprint density at radius 3 is 2.39 bits per heavy atom. The molecule has 2 bridgehead atoms. The summed E-state index contributed by atoms with van der Waals surface area (Å²) in [4.78, 5) is 12.8. The summed E-state index contributed by atoms with van der Waals surface area (Å²) in [6.45, 7) is 0. The minimum absolute atomic E-state index is 0.0192. The number of carbonyl (C=O) groups excluding carboxylic acids is 1. The largest absolute Gasteiger partial charge is 0.508 e. The molecule has 2 N–H and O–H groups in total. The summed E-state index contributed by atoms with van der Waals surface area (Å²) in [6.07, 6.45) is 0.830. The van der Waals surface area contributed by atoms with E-state index in [-0.39, 0.29) is 35.6 Å². The molecule has 3 fully saturated rings. The van der Waals surface area contributed by atoms with Crippen molar-refractivity contribution in [1.82, 2.24) is 5.32 Å². The fourth-order valence-corrected chi connectivity index (χ4v) is 5.59. The van der Waals surface area contributed by atoms with E-state index >= 15 is 0 Å². The van der Waals surface area contributed by atoms with E-state index in [1.165, 1.54) is 6.07 Å². The summed E-state index contributed by atoms with van der Waals surface area (Å²) in [5.74, 6) is -5.41. The lowest BCUT2D eigenvalue weighted by Crippen LogP contribution is -2.42. The van der Waals surface area contributed by atoms with Gasteiger partial charge in [0.2, 0.25) is 11.8 Å². The van der Waals surface area contributed by atoms with E-state index in [0.717, 1.165) is 6.07 Å². The number of carbonyl (C=O) groups is 1. The van der Waals surface area contributed by atoms with Crippen LogP contribution in [0.15, 0.2) is 12.1 Å². The summed E-state index contributed by atoms with van der Waals surface area (Å²) in [7, 11) is 0. The number of phenolic OH excluding ortho intramolecular Hbond substituents is 1. The van der Waals surface area contributed by atoms with Crippen LogP contribution in [-0.4, -0.2) is 22.6 Å². The monoisotopic (exact) mass is 419 g/mol. The van der Waals surface area contributed by atoms with Crippen molar-refractivity contribution in [1.29, 1.82) is 0 Å². The number of hydrogen-bond donors (Lipinski definition) is 2. The molecule has 4 rings (SSSR count). The predicted molar refractivity (Wildman–Crippen MR) is 95.6 cm³/mol. The lowest BCUT2D eigenvalue weighted by atomic mass is 9.74. The molecule has 28 heavy (non-hydrogen) atoms. The average molecular weight is 420 g/mol. The van der Waals surface area contributed by atoms with Gasteiger partial charge in [0.25, 0.3) is 0 Å². The Kier molecular flexibility index (Phi) is 4.60. The van der Waals surface area contributed by atoms with Crippen molar-refractivity contribution in [2.24, 2.45) is 11.3 Å². The number of halogens is 5. The maximum atomic E-state index is 14.8. The average Bonchev–Trinajstić information content (AvgIpc) is 3.26. The van der Waals surface area contributed by atoms with Gasteiger partial charge in [-0.05, 0) is 50.0 Å². The minimum Gasteiger partial charge on any atom is -0.508 e. The van der Waals surface area contributed by atoms with Crippen molar-refractivity contribution in [3.63, 3.8) is 0 Å². The van der Waals surface area contributed by atoms with Crippen LogP contribution in [0.4, 0.5) is 17.6 Å². The van der Waals surface area contributed by atoms with Crippen LogP contribution in [0.2, 0.25) is 5.02 Å². The lowest BCUT2D eigenvalue weighted by molar-refractivity contribution is -0.127. The number of aromatic hydroxyl groups is 1. The molecule has 154 valence electrons. The highest BCUT2D eigenvalue weighted by atomic mass is 35.5. The van der Waals surface area contributed by atoms with E-state index in [2.05, 4.69) is 5.32 Å². The Hall–Kier alpha value is -1.50. The SMILES string of the molecule is O=C(N[C@H](c1cc(O)cc(Cl)c1F)C12CCC(F)(CC1)C2)C1CCC(F)(F)C1. The Bertz CT molecular complexity index is 808. The number of rotatable bonds is 4. The van der Waals surface area contributed by atoms with Crippen LogP contribution < -0.4 is 5.32 Å². The third kappa shape index (κ3) is 3.36. The number of phenols is 1. The van der Waals surface area contributed by atoms with Gasteiger partial charge in [0.15, 0.2) is 0 Å². The first-order chi connectivity index (χ1) is 13.0. The smallest absolute Gasteiger partial charge is 0.248 e. The molecule has 3 aliphatic carbocycles. The third-order valence-electron chi connectivity index (χ3n) is 6.84. The van der Waals surface area contributed by atoms with E-state index in [1.54, 1.807) is 0 Å². The van der Waals surface area contributed by atoms with E-state index in [0.29, 0.717) is 25.7 Å². The first-order valence-corrected chi connectivity index (χ1v) is 9.95. The molecule has 2 atom stereocenters. The molecule has 0 spiro atoms. The van der Waals surface area contributed by atoms with Crippen molar-refractivity contribution in [2.45, 2.75) is 69.0 Å². The quantitative estimate of drug-likeness (QED) is 0.637. The van der Waals surface area contributed by atoms with Gasteiger partial charge < -0.3 is 10.4 Å². The molecule has 1 amide bonds. The zero-order valence-corrected chi connectivity index (χ0v) is 16.0. The van der Waals surface area contributed by atoms with Gasteiger partial charge in [-0.2, -0.15) is 0 Å². The fourth-order valence-electron chi connectivity index (χ4n) is 5.37. The fraction of sp³-hybridized carbons (Fsp3) is 0.650. The highest BCUT2D eigenvalue weighted by molar-refractivity contribution is 6.31. The number of alkyl halides is 3. The zero-order chi connectivity index (χ0) is 20.3. The van der Waals surface area contributed by atoms with Crippen LogP contribution in [0.5, 0.6) is 5.75 Å². The highest BCUT2D eigenvalue weighted by Gasteiger charge is 2.59. The van der Waals surface area contributed by atoms with Crippen LogP contribution in [0.25, 0.3) is 0 Å². The Morgan fingerprint density at radius 1 is 1.18 bits per heavy atom. The standard InChI is InChI=1S/C20H22ClF4NO2/c21-14-8-12(27)7-13(15(14)22)16(18-3-5-19(23,10-18)6-4-18)26-17(28)11-1-2-20(24,25)9-11/h7-8,11,16,27H,1-6,9-10H2,(H,26,28)/t11?,16-,18?,19?/m1/s1. The summed E-state index contributed by atoms with van der Waals surface area (Å²) in [5.41, 5.74) is -2.08. The third-order valence-corrected chi connectivity index (χ3v) is 7.11. The molecular formula is C20H22ClF4NO2. The Morgan fingerprint density at radius 2 is 1.86 bits per heavy atom. The highest BCUT2D eigenvalue weighted by Crippen LogP contribution is 2.63. The number of hydrogen-bond acceptors (Lipinski definition) is 2. The predicted octanol–water partition coefficient (Wildman–Crippen LogP) is 5.45. The molecule has 8 heteroatoms. The van der Waals surface area contributed by atoms with Crippen LogP contribution in [0.1, 0.15) is 63.0 Å². The van der Waals surface area contributed by atoms with Crippen molar-refractivity contribution in [3.8, 4) is 5.75 Å². The van der Waals surface area contributed by atoms with Crippen LogP contribution in [-0.2, 0) is 4.79 Å². The molecule has 1 aromatic carbocycles. The number of benzene rings is 1. The summed E-state index contributed by atoms with van der Waals surface area (Å²) in [5, 5.41) is 12.3. The number of fused-ring (bicyclic) bond motifs is 2. The molecule has 0 heterocycles. The Labute approximate surface area is 165 Å². The van der Waals surface area contributed by atoms with E-state index in [4.69, 9.17) is 11.6 Å². The molecule has 3 nitrogen and oxygen atoms in total. The molecule has 3 saturated carbocycles. The van der Waals surface area contributed by atoms with Gasteiger partial charge in [-0.1, -0.05) is 11.6 Å². The van der Waals surface area contributed by atoms with Crippen molar-refractivity contribution in [3.05, 3.63) is 28.5 Å². The molecular weight excluding hydrogens is 398 g/mol. The van der Waals surface area contributed by atoms with Crippen LogP contribution in [0, 0.1) is 17.2 Å². The molecule has 3 aliphatic rings. The molecule has 0 radical (unpaired) electrons. The molecule has 1 aromatic rings. The zero-order valence-electron chi connectivity index (χ0n) is 15.2. The van der Waals surface area contributed by atoms with Crippen molar-refractivity contribution < 1.29 is 27.5 Å². The molecule has 0 aliphatic heterocycles. The van der Waals surface area contributed by atoms with Gasteiger partial charge in [0.05, 0.1) is 11.1 Å². The summed E-state index contributed by atoms with van der Waals surface area (Å²) >= 11 is 5.88. The van der Waals surface area contributed by atoms with Crippen LogP contribution >= 0.6 is 11.6 Å². The van der Waals surface area contributed by atoms with Gasteiger partial charge in [-0.15, -0.1) is 0 Å². The second-order valence-corrected chi connectivity index (χ2v) is 9.17. The van der Waals surface area contributed by atoms with E-state index in [9.17, 15) is 27.5 Å². The van der Waals surface area contributed by atoms with Gasteiger partial charge >= 0.3 is 0 Å². The number of nitrogens with one attached hydrogen (secondary N) is 1. The second kappa shape index (κ2) is 6.51. The van der Waals surface area contributed by atoms with Gasteiger partial charge in [-0.25, -0.2) is 17.6 Å². The van der Waals surface area contributed by atoms with Gasteiger partial charge in [0, 0.05) is 30.4 Å². The normalized spacial score (nSPS) is 34.5. The first-order valence-electron chi connectivity index (χ1n) is 9.58. The number of amides is 1. The lowest BCUT2D eigenvalue weighted by Gasteiger charge is -2.37. The molecule has 0 aromatic heterocycles. The van der Waals surface area contributed by atoms with Crippen molar-refractivity contribution >= 4 is 17.5 Å². The maximum absolute atomic E-state index is 14.8. The van der Waals surface area contributed by atoms with Gasteiger partial charge in [0.1, 0.15) is 17.2 Å². The van der Waals surface area contributed by atoms with Crippen LogP contribution in [0.3, 0.4) is 0 Å². The minimum atomic E-state index is -2.88. The van der Waals surface area contributed by atoms with Crippen molar-refractivity contribution in [2.75, 3.05) is 0 Å². The van der Waals surface area contributed by atoms with E-state index in [1.807, 2.05) is 0 Å². The summed E-state index contributed by atoms with van der Waals surface area (Å²) < 4.78 is 56.8. The second-order valence-electron chi connectivity index (χ2n) is 8.76. The van der Waals surface area contributed by atoms with Gasteiger partial charge in [-0.3, -0.25) is 4.79 Å². The molecule has 1 unspecified atom stereocenters. The molecule has 0 saturated heterocycles. The van der Waals surface area contributed by atoms with E-state index < -0.39 is 47.1 Å². The maximum Gasteiger partial charge on any atom is 0.248 e. The Balaban J connectivity index is 1.68. The topological polar surface area (TPSA) is 49.3 Å². The summed E-state index contributed by atoms with van der Waals surface area (Å²) in [6, 6.07) is 1.30. The first kappa shape index (κ1) is 19.8.